The van der Waals surface area contributed by atoms with Gasteiger partial charge in [-0.1, -0.05) is 48.0 Å². The number of carbonyl (C=O) groups is 1. The summed E-state index contributed by atoms with van der Waals surface area (Å²) in [6, 6.07) is 16.6. The first-order valence-electron chi connectivity index (χ1n) is 8.16. The number of halogens is 1. The Bertz CT molecular complexity index is 667. The molecule has 0 aromatic heterocycles. The van der Waals surface area contributed by atoms with Crippen molar-refractivity contribution in [3.05, 3.63) is 65.2 Å². The van der Waals surface area contributed by atoms with Crippen molar-refractivity contribution in [2.45, 2.75) is 25.6 Å². The lowest BCUT2D eigenvalue weighted by molar-refractivity contribution is -0.121. The monoisotopic (exact) mass is 362 g/mol. The molecule has 0 fully saturated rings. The quantitative estimate of drug-likeness (QED) is 0.599. The van der Waals surface area contributed by atoms with Crippen LogP contribution in [0.5, 0.6) is 5.75 Å². The number of hydrogen-bond acceptors (Lipinski definition) is 4. The second-order valence-electron chi connectivity index (χ2n) is 5.74. The summed E-state index contributed by atoms with van der Waals surface area (Å²) >= 11 is 6.05. The third-order valence-corrected chi connectivity index (χ3v) is 3.90. The van der Waals surface area contributed by atoms with Gasteiger partial charge in [0.05, 0.1) is 12.6 Å². The summed E-state index contributed by atoms with van der Waals surface area (Å²) in [7, 11) is 0. The molecule has 25 heavy (non-hydrogen) atoms. The molecule has 3 N–H and O–H groups in total. The number of carbonyl (C=O) groups excluding carboxylic acids is 1. The molecule has 2 atom stereocenters. The molecule has 0 aliphatic rings. The fraction of sp³-hybridized carbons (Fsp3) is 0.316. The molecule has 2 unspecified atom stereocenters. The van der Waals surface area contributed by atoms with Crippen LogP contribution in [-0.4, -0.2) is 36.4 Å². The lowest BCUT2D eigenvalue weighted by Gasteiger charge is -2.19. The summed E-state index contributed by atoms with van der Waals surface area (Å²) in [5, 5.41) is 16.4. The highest BCUT2D eigenvalue weighted by Gasteiger charge is 2.12. The van der Waals surface area contributed by atoms with Gasteiger partial charge in [0.25, 0.3) is 0 Å². The van der Waals surface area contributed by atoms with E-state index < -0.39 is 6.10 Å². The van der Waals surface area contributed by atoms with E-state index in [4.69, 9.17) is 16.3 Å². The lowest BCUT2D eigenvalue weighted by atomic mass is 10.1. The third kappa shape index (κ3) is 7.13. The second kappa shape index (κ2) is 10.0. The Kier molecular flexibility index (Phi) is 7.73. The standard InChI is InChI=1S/C19H23ClN2O3/c1-14(22-19(24)11-15-7-5-6-10-18(15)20)21-12-16(23)13-25-17-8-3-2-4-9-17/h2-10,14,16,21,23H,11-13H2,1H3,(H,22,24). The number of benzene rings is 2. The van der Waals surface area contributed by atoms with Crippen LogP contribution in [0.1, 0.15) is 12.5 Å². The van der Waals surface area contributed by atoms with E-state index in [2.05, 4.69) is 10.6 Å². The minimum atomic E-state index is -0.678. The second-order valence-corrected chi connectivity index (χ2v) is 6.15. The van der Waals surface area contributed by atoms with Gasteiger partial charge >= 0.3 is 0 Å². The zero-order valence-electron chi connectivity index (χ0n) is 14.1. The number of rotatable bonds is 9. The van der Waals surface area contributed by atoms with Crippen molar-refractivity contribution in [2.75, 3.05) is 13.2 Å². The summed E-state index contributed by atoms with van der Waals surface area (Å²) in [4.78, 5) is 12.0. The Morgan fingerprint density at radius 3 is 2.56 bits per heavy atom. The van der Waals surface area contributed by atoms with E-state index in [1.165, 1.54) is 0 Å². The molecule has 0 radical (unpaired) electrons. The number of aliphatic hydroxyl groups is 1. The van der Waals surface area contributed by atoms with Crippen LogP contribution >= 0.6 is 11.6 Å². The summed E-state index contributed by atoms with van der Waals surface area (Å²) in [5.41, 5.74) is 0.783. The van der Waals surface area contributed by atoms with Crippen molar-refractivity contribution in [3.63, 3.8) is 0 Å². The molecule has 2 aromatic rings. The van der Waals surface area contributed by atoms with Gasteiger partial charge in [-0.2, -0.15) is 0 Å². The van der Waals surface area contributed by atoms with Gasteiger partial charge in [0, 0.05) is 11.6 Å². The highest BCUT2D eigenvalue weighted by atomic mass is 35.5. The maximum absolute atomic E-state index is 12.0. The highest BCUT2D eigenvalue weighted by Crippen LogP contribution is 2.15. The number of hydrogen-bond donors (Lipinski definition) is 3. The van der Waals surface area contributed by atoms with Crippen LogP contribution in [0.15, 0.2) is 54.6 Å². The molecule has 0 aliphatic heterocycles. The molecule has 2 rings (SSSR count). The van der Waals surface area contributed by atoms with Crippen LogP contribution in [0.25, 0.3) is 0 Å². The maximum Gasteiger partial charge on any atom is 0.225 e. The SMILES string of the molecule is CC(NCC(O)COc1ccccc1)NC(=O)Cc1ccccc1Cl. The fourth-order valence-electron chi connectivity index (χ4n) is 2.24. The van der Waals surface area contributed by atoms with E-state index in [1.54, 1.807) is 6.07 Å². The Hall–Kier alpha value is -2.08. The predicted octanol–water partition coefficient (Wildman–Crippen LogP) is 2.37. The minimum absolute atomic E-state index is 0.136. The van der Waals surface area contributed by atoms with Crippen LogP contribution in [0, 0.1) is 0 Å². The van der Waals surface area contributed by atoms with Gasteiger partial charge in [-0.25, -0.2) is 0 Å². The van der Waals surface area contributed by atoms with Crippen LogP contribution in [0.2, 0.25) is 5.02 Å². The van der Waals surface area contributed by atoms with Gasteiger partial charge in [-0.3, -0.25) is 10.1 Å². The summed E-state index contributed by atoms with van der Waals surface area (Å²) in [6.45, 7) is 2.30. The van der Waals surface area contributed by atoms with Gasteiger partial charge in [0.15, 0.2) is 0 Å². The minimum Gasteiger partial charge on any atom is -0.491 e. The van der Waals surface area contributed by atoms with Gasteiger partial charge in [-0.05, 0) is 30.7 Å². The van der Waals surface area contributed by atoms with E-state index in [0.29, 0.717) is 17.3 Å². The first kappa shape index (κ1) is 19.2. The predicted molar refractivity (Wildman–Crippen MR) is 98.7 cm³/mol. The zero-order chi connectivity index (χ0) is 18.1. The zero-order valence-corrected chi connectivity index (χ0v) is 14.9. The molecule has 0 saturated carbocycles. The molecule has 0 aliphatic carbocycles. The van der Waals surface area contributed by atoms with Gasteiger partial charge in [-0.15, -0.1) is 0 Å². The summed E-state index contributed by atoms with van der Waals surface area (Å²) < 4.78 is 5.48. The normalized spacial score (nSPS) is 13.1. The van der Waals surface area contributed by atoms with Crippen molar-refractivity contribution in [3.8, 4) is 5.75 Å². The van der Waals surface area contributed by atoms with Gasteiger partial charge in [0.1, 0.15) is 18.5 Å². The Balaban J connectivity index is 1.66. The van der Waals surface area contributed by atoms with E-state index in [0.717, 1.165) is 5.56 Å². The third-order valence-electron chi connectivity index (χ3n) is 3.53. The number of para-hydroxylation sites is 1. The van der Waals surface area contributed by atoms with Gasteiger partial charge < -0.3 is 15.2 Å². The van der Waals surface area contributed by atoms with Crippen LogP contribution in [-0.2, 0) is 11.2 Å². The number of aliphatic hydroxyl groups excluding tert-OH is 1. The largest absolute Gasteiger partial charge is 0.491 e. The molecule has 5 nitrogen and oxygen atoms in total. The van der Waals surface area contributed by atoms with Crippen LogP contribution < -0.4 is 15.4 Å². The Labute approximate surface area is 153 Å². The molecule has 0 bridgehead atoms. The van der Waals surface area contributed by atoms with Crippen molar-refractivity contribution in [2.24, 2.45) is 0 Å². The summed E-state index contributed by atoms with van der Waals surface area (Å²) in [6.07, 6.45) is -0.741. The van der Waals surface area contributed by atoms with E-state index in [9.17, 15) is 9.90 Å². The van der Waals surface area contributed by atoms with Crippen molar-refractivity contribution >= 4 is 17.5 Å². The van der Waals surface area contributed by atoms with Crippen molar-refractivity contribution in [1.82, 2.24) is 10.6 Å². The van der Waals surface area contributed by atoms with Crippen molar-refractivity contribution in [1.29, 1.82) is 0 Å². The molecule has 134 valence electrons. The van der Waals surface area contributed by atoms with Crippen LogP contribution in [0.3, 0.4) is 0 Å². The molecule has 6 heteroatoms. The highest BCUT2D eigenvalue weighted by molar-refractivity contribution is 6.31. The Morgan fingerprint density at radius 1 is 1.16 bits per heavy atom. The molecular weight excluding hydrogens is 340 g/mol. The molecule has 0 heterocycles. The van der Waals surface area contributed by atoms with Crippen LogP contribution in [0.4, 0.5) is 0 Å². The fourth-order valence-corrected chi connectivity index (χ4v) is 2.44. The smallest absolute Gasteiger partial charge is 0.225 e. The topological polar surface area (TPSA) is 70.6 Å². The lowest BCUT2D eigenvalue weighted by Crippen LogP contribution is -2.47. The van der Waals surface area contributed by atoms with Gasteiger partial charge in [0.2, 0.25) is 5.91 Å². The number of amides is 1. The average Bonchev–Trinajstić information content (AvgIpc) is 2.61. The van der Waals surface area contributed by atoms with E-state index in [1.807, 2.05) is 55.5 Å². The summed E-state index contributed by atoms with van der Waals surface area (Å²) in [5.74, 6) is 0.575. The molecule has 2 aromatic carbocycles. The Morgan fingerprint density at radius 2 is 1.84 bits per heavy atom. The van der Waals surface area contributed by atoms with E-state index in [-0.39, 0.29) is 25.1 Å². The number of nitrogens with one attached hydrogen (secondary N) is 2. The van der Waals surface area contributed by atoms with E-state index >= 15 is 0 Å². The molecule has 0 saturated heterocycles. The first-order valence-corrected chi connectivity index (χ1v) is 8.54. The molecule has 1 amide bonds. The maximum atomic E-state index is 12.0. The number of ether oxygens (including phenoxy) is 1. The first-order chi connectivity index (χ1) is 12.0. The van der Waals surface area contributed by atoms with Crippen molar-refractivity contribution < 1.29 is 14.6 Å². The average molecular weight is 363 g/mol. The molecular formula is C19H23ClN2O3. The molecule has 0 spiro atoms.